The number of benzene rings is 1. The molecular formula is C17H12ClN5O3S. The third-order valence-electron chi connectivity index (χ3n) is 3.62. The van der Waals surface area contributed by atoms with Crippen molar-refractivity contribution in [2.75, 3.05) is 7.11 Å². The van der Waals surface area contributed by atoms with E-state index < -0.39 is 6.10 Å². The van der Waals surface area contributed by atoms with Crippen molar-refractivity contribution < 1.29 is 14.0 Å². The molecule has 0 radical (unpaired) electrons. The first-order valence-electron chi connectivity index (χ1n) is 7.72. The molecule has 3 aromatic heterocycles. The van der Waals surface area contributed by atoms with Crippen LogP contribution in [-0.4, -0.2) is 33.5 Å². The first-order valence-corrected chi connectivity index (χ1v) is 8.98. The number of hydrogen-bond acceptors (Lipinski definition) is 9. The Hall–Kier alpha value is -3.04. The molecule has 1 aromatic carbocycles. The largest absolute Gasteiger partial charge is 0.474 e. The number of oxime groups is 1. The molecule has 8 nitrogen and oxygen atoms in total. The zero-order chi connectivity index (χ0) is 18.6. The summed E-state index contributed by atoms with van der Waals surface area (Å²) in [6.07, 6.45) is 3.48. The fourth-order valence-corrected chi connectivity index (χ4v) is 3.33. The number of rotatable bonds is 6. The molecule has 4 aromatic rings. The Bertz CT molecular complexity index is 1080. The number of ether oxygens (including phenoxy) is 1. The molecule has 0 saturated carbocycles. The SMILES string of the molecule is CO/N=C/c1cc(Cl)cnc1C(Oc1ccc2ncsc2c1)c1nnco1. The Morgan fingerprint density at radius 2 is 2.22 bits per heavy atom. The summed E-state index contributed by atoms with van der Waals surface area (Å²) in [5, 5.41) is 12.0. The highest BCUT2D eigenvalue weighted by Crippen LogP contribution is 2.31. The summed E-state index contributed by atoms with van der Waals surface area (Å²) in [6, 6.07) is 7.31. The summed E-state index contributed by atoms with van der Waals surface area (Å²) < 4.78 is 12.5. The van der Waals surface area contributed by atoms with Crippen LogP contribution in [0.15, 0.2) is 51.9 Å². The second-order valence-electron chi connectivity index (χ2n) is 5.30. The number of halogens is 1. The molecule has 3 heterocycles. The van der Waals surface area contributed by atoms with Crippen LogP contribution in [0.25, 0.3) is 10.2 Å². The zero-order valence-corrected chi connectivity index (χ0v) is 15.5. The van der Waals surface area contributed by atoms with E-state index in [9.17, 15) is 0 Å². The van der Waals surface area contributed by atoms with Gasteiger partial charge in [-0.1, -0.05) is 16.8 Å². The summed E-state index contributed by atoms with van der Waals surface area (Å²) >= 11 is 7.60. The zero-order valence-electron chi connectivity index (χ0n) is 13.9. The molecule has 0 amide bonds. The average molecular weight is 402 g/mol. The van der Waals surface area contributed by atoms with Crippen molar-refractivity contribution in [3.63, 3.8) is 0 Å². The van der Waals surface area contributed by atoms with Crippen LogP contribution in [0.5, 0.6) is 5.75 Å². The van der Waals surface area contributed by atoms with Crippen LogP contribution in [0.1, 0.15) is 23.3 Å². The lowest BCUT2D eigenvalue weighted by Crippen LogP contribution is -2.14. The number of nitrogens with zero attached hydrogens (tertiary/aromatic N) is 5. The molecular weight excluding hydrogens is 390 g/mol. The molecule has 0 N–H and O–H groups in total. The standard InChI is InChI=1S/C17H12ClN5O3S/c1-24-22-6-10-4-11(18)7-19-15(10)16(17-23-21-8-25-17)26-12-2-3-13-14(5-12)27-9-20-13/h2-9,16H,1H3/b22-6+. The topological polar surface area (TPSA) is 95.5 Å². The van der Waals surface area contributed by atoms with Crippen LogP contribution >= 0.6 is 22.9 Å². The summed E-state index contributed by atoms with van der Waals surface area (Å²) in [4.78, 5) is 13.4. The van der Waals surface area contributed by atoms with E-state index in [0.717, 1.165) is 10.2 Å². The molecule has 10 heteroatoms. The first kappa shape index (κ1) is 17.4. The summed E-state index contributed by atoms with van der Waals surface area (Å²) in [5.74, 6) is 0.864. The average Bonchev–Trinajstić information content (AvgIpc) is 3.36. The van der Waals surface area contributed by atoms with Gasteiger partial charge in [0.15, 0.2) is 0 Å². The van der Waals surface area contributed by atoms with Crippen molar-refractivity contribution in [3.8, 4) is 5.75 Å². The number of pyridine rings is 1. The van der Waals surface area contributed by atoms with E-state index in [-0.39, 0.29) is 5.89 Å². The van der Waals surface area contributed by atoms with Crippen molar-refractivity contribution in [2.24, 2.45) is 5.16 Å². The summed E-state index contributed by atoms with van der Waals surface area (Å²) in [7, 11) is 1.45. The van der Waals surface area contributed by atoms with E-state index in [4.69, 9.17) is 25.6 Å². The minimum Gasteiger partial charge on any atom is -0.474 e. The van der Waals surface area contributed by atoms with Crippen molar-refractivity contribution in [2.45, 2.75) is 6.10 Å². The van der Waals surface area contributed by atoms with Gasteiger partial charge in [-0.15, -0.1) is 21.5 Å². The minimum atomic E-state index is -0.756. The van der Waals surface area contributed by atoms with Gasteiger partial charge in [-0.3, -0.25) is 4.98 Å². The van der Waals surface area contributed by atoms with Crippen LogP contribution in [0.3, 0.4) is 0 Å². The molecule has 0 aliphatic rings. The van der Waals surface area contributed by atoms with Gasteiger partial charge in [-0.25, -0.2) is 4.98 Å². The van der Waals surface area contributed by atoms with E-state index in [1.807, 2.05) is 18.2 Å². The van der Waals surface area contributed by atoms with Crippen LogP contribution < -0.4 is 4.74 Å². The fourth-order valence-electron chi connectivity index (χ4n) is 2.46. The number of thiazole rings is 1. The molecule has 136 valence electrons. The third-order valence-corrected chi connectivity index (χ3v) is 4.62. The minimum absolute atomic E-state index is 0.251. The molecule has 0 bridgehead atoms. The lowest BCUT2D eigenvalue weighted by atomic mass is 10.1. The predicted molar refractivity (Wildman–Crippen MR) is 100 cm³/mol. The van der Waals surface area contributed by atoms with Crippen LogP contribution in [0.2, 0.25) is 5.02 Å². The summed E-state index contributed by atoms with van der Waals surface area (Å²) in [5.41, 5.74) is 3.80. The Kier molecular flexibility index (Phi) is 4.95. The second-order valence-corrected chi connectivity index (χ2v) is 6.62. The lowest BCUT2D eigenvalue weighted by Gasteiger charge is -2.17. The first-order chi connectivity index (χ1) is 13.2. The summed E-state index contributed by atoms with van der Waals surface area (Å²) in [6.45, 7) is 0. The number of hydrogen-bond donors (Lipinski definition) is 0. The molecule has 0 saturated heterocycles. The van der Waals surface area contributed by atoms with Gasteiger partial charge >= 0.3 is 0 Å². The maximum absolute atomic E-state index is 6.16. The quantitative estimate of drug-likeness (QED) is 0.357. The van der Waals surface area contributed by atoms with Gasteiger partial charge in [0.2, 0.25) is 12.5 Å². The molecule has 1 unspecified atom stereocenters. The van der Waals surface area contributed by atoms with Gasteiger partial charge < -0.3 is 14.0 Å². The van der Waals surface area contributed by atoms with Crippen molar-refractivity contribution >= 4 is 39.4 Å². The maximum atomic E-state index is 6.16. The normalized spacial score (nSPS) is 12.5. The highest BCUT2D eigenvalue weighted by atomic mass is 35.5. The molecule has 0 aliphatic heterocycles. The Balaban J connectivity index is 1.77. The molecule has 0 fully saturated rings. The van der Waals surface area contributed by atoms with Crippen LogP contribution in [0, 0.1) is 0 Å². The molecule has 0 aliphatic carbocycles. The van der Waals surface area contributed by atoms with Crippen molar-refractivity contribution in [1.82, 2.24) is 20.2 Å². The molecule has 1 atom stereocenters. The van der Waals surface area contributed by atoms with E-state index in [0.29, 0.717) is 22.0 Å². The lowest BCUT2D eigenvalue weighted by molar-refractivity contribution is 0.203. The van der Waals surface area contributed by atoms with Crippen LogP contribution in [0.4, 0.5) is 0 Å². The Labute approximate surface area is 162 Å². The molecule has 0 spiro atoms. The fraction of sp³-hybridized carbons (Fsp3) is 0.118. The Morgan fingerprint density at radius 1 is 1.30 bits per heavy atom. The van der Waals surface area contributed by atoms with Gasteiger partial charge in [0.05, 0.1) is 32.7 Å². The molecule has 4 rings (SSSR count). The van der Waals surface area contributed by atoms with Gasteiger partial charge in [0, 0.05) is 11.8 Å². The highest BCUT2D eigenvalue weighted by Gasteiger charge is 2.26. The van der Waals surface area contributed by atoms with E-state index in [1.165, 1.54) is 37.3 Å². The van der Waals surface area contributed by atoms with Gasteiger partial charge in [0.25, 0.3) is 5.89 Å². The highest BCUT2D eigenvalue weighted by molar-refractivity contribution is 7.16. The third kappa shape index (κ3) is 3.74. The van der Waals surface area contributed by atoms with Crippen molar-refractivity contribution in [3.05, 3.63) is 64.5 Å². The van der Waals surface area contributed by atoms with E-state index in [1.54, 1.807) is 11.6 Å². The smallest absolute Gasteiger partial charge is 0.263 e. The second kappa shape index (κ2) is 7.68. The van der Waals surface area contributed by atoms with Crippen LogP contribution in [-0.2, 0) is 4.84 Å². The van der Waals surface area contributed by atoms with Gasteiger partial charge in [-0.2, -0.15) is 0 Å². The predicted octanol–water partition coefficient (Wildman–Crippen LogP) is 3.88. The van der Waals surface area contributed by atoms with E-state index >= 15 is 0 Å². The monoisotopic (exact) mass is 401 g/mol. The number of fused-ring (bicyclic) bond motifs is 1. The maximum Gasteiger partial charge on any atom is 0.263 e. The number of aromatic nitrogens is 4. The van der Waals surface area contributed by atoms with E-state index in [2.05, 4.69) is 25.3 Å². The molecule has 27 heavy (non-hydrogen) atoms. The van der Waals surface area contributed by atoms with Gasteiger partial charge in [-0.05, 0) is 24.3 Å². The van der Waals surface area contributed by atoms with Gasteiger partial charge in [0.1, 0.15) is 12.9 Å². The Morgan fingerprint density at radius 3 is 3.04 bits per heavy atom. The van der Waals surface area contributed by atoms with Crippen molar-refractivity contribution in [1.29, 1.82) is 0 Å².